The zero-order valence-corrected chi connectivity index (χ0v) is 22.1. The van der Waals surface area contributed by atoms with Crippen molar-refractivity contribution < 1.29 is 0 Å². The van der Waals surface area contributed by atoms with E-state index in [2.05, 4.69) is 27.3 Å². The largest absolute Gasteiger partial charge is 0.351 e. The van der Waals surface area contributed by atoms with Gasteiger partial charge >= 0.3 is 5.69 Å². The lowest BCUT2D eigenvalue weighted by molar-refractivity contribution is 0.401. The lowest BCUT2D eigenvalue weighted by Gasteiger charge is -2.29. The van der Waals surface area contributed by atoms with Crippen molar-refractivity contribution in [3.8, 4) is 6.07 Å². The van der Waals surface area contributed by atoms with Crippen LogP contribution in [0.1, 0.15) is 42.4 Å². The molecule has 1 saturated carbocycles. The Bertz CT molecular complexity index is 1630. The van der Waals surface area contributed by atoms with E-state index in [1.54, 1.807) is 31.3 Å². The van der Waals surface area contributed by atoms with Gasteiger partial charge in [-0.2, -0.15) is 10.2 Å². The molecule has 2 aromatic heterocycles. The van der Waals surface area contributed by atoms with Crippen LogP contribution in [-0.4, -0.2) is 30.8 Å². The number of hydrogen-bond acceptors (Lipinski definition) is 6. The minimum absolute atomic E-state index is 0.0122. The number of hydrogen-bond donors (Lipinski definition) is 2. The summed E-state index contributed by atoms with van der Waals surface area (Å²) < 4.78 is 5.32. The number of nitrogens with two attached hydrogens (primary N) is 1. The number of aryl methyl sites for hydroxylation is 1. The molecule has 3 N–H and O–H groups in total. The maximum atomic E-state index is 13.9. The van der Waals surface area contributed by atoms with Crippen LogP contribution in [0.4, 0.5) is 5.95 Å². The van der Waals surface area contributed by atoms with Crippen LogP contribution in [0.25, 0.3) is 11.2 Å². The monoisotopic (exact) mass is 561 g/mol. The van der Waals surface area contributed by atoms with Crippen LogP contribution < -0.4 is 22.3 Å². The van der Waals surface area contributed by atoms with Gasteiger partial charge in [0.15, 0.2) is 11.2 Å². The highest BCUT2D eigenvalue weighted by atomic mass is 79.9. The molecule has 0 unspecified atom stereocenters. The Kier molecular flexibility index (Phi) is 7.00. The number of rotatable bonds is 6. The van der Waals surface area contributed by atoms with Crippen molar-refractivity contribution >= 4 is 33.0 Å². The van der Waals surface area contributed by atoms with Crippen LogP contribution in [0.5, 0.6) is 0 Å². The van der Waals surface area contributed by atoms with E-state index in [4.69, 9.17) is 10.7 Å². The van der Waals surface area contributed by atoms with Crippen molar-refractivity contribution in [2.45, 2.75) is 50.9 Å². The SMILES string of the molecule is Cn1c(=O)n(Cc2ccccc2C#N)c(=O)c2c1nc(N[C@@H]1CCCC[C@@H]1N)n2Cc1ccccc1Br. The van der Waals surface area contributed by atoms with E-state index >= 15 is 0 Å². The van der Waals surface area contributed by atoms with Gasteiger partial charge in [-0.3, -0.25) is 18.5 Å². The predicted octanol–water partition coefficient (Wildman–Crippen LogP) is 3.31. The zero-order valence-electron chi connectivity index (χ0n) is 20.5. The van der Waals surface area contributed by atoms with Crippen LogP contribution in [-0.2, 0) is 20.1 Å². The van der Waals surface area contributed by atoms with Gasteiger partial charge in [0, 0.05) is 23.6 Å². The molecule has 0 aliphatic heterocycles. The average Bonchev–Trinajstić information content (AvgIpc) is 3.26. The molecule has 0 saturated heterocycles. The molecule has 2 heterocycles. The predicted molar refractivity (Wildman–Crippen MR) is 147 cm³/mol. The highest BCUT2D eigenvalue weighted by molar-refractivity contribution is 9.10. The van der Waals surface area contributed by atoms with E-state index in [-0.39, 0.29) is 18.6 Å². The third kappa shape index (κ3) is 4.72. The van der Waals surface area contributed by atoms with Crippen molar-refractivity contribution in [1.29, 1.82) is 5.26 Å². The second-order valence-corrected chi connectivity index (χ2v) is 10.3. The molecule has 4 aromatic rings. The molecule has 2 atom stereocenters. The second kappa shape index (κ2) is 10.4. The molecule has 1 fully saturated rings. The van der Waals surface area contributed by atoms with Gasteiger partial charge in [0.2, 0.25) is 5.95 Å². The molecular weight excluding hydrogens is 534 g/mol. The molecule has 190 valence electrons. The maximum Gasteiger partial charge on any atom is 0.332 e. The third-order valence-electron chi connectivity index (χ3n) is 7.12. The molecule has 0 bridgehead atoms. The van der Waals surface area contributed by atoms with Crippen molar-refractivity contribution in [2.75, 3.05) is 5.32 Å². The summed E-state index contributed by atoms with van der Waals surface area (Å²) in [6.45, 7) is 0.353. The van der Waals surface area contributed by atoms with Gasteiger partial charge in [-0.05, 0) is 36.1 Å². The topological polar surface area (TPSA) is 124 Å². The number of nitrogens with one attached hydrogen (secondary N) is 1. The summed E-state index contributed by atoms with van der Waals surface area (Å²) in [5.74, 6) is 0.510. The fourth-order valence-corrected chi connectivity index (χ4v) is 5.42. The van der Waals surface area contributed by atoms with Crippen molar-refractivity contribution in [2.24, 2.45) is 12.8 Å². The molecule has 5 rings (SSSR count). The van der Waals surface area contributed by atoms with Crippen LogP contribution in [0, 0.1) is 11.3 Å². The minimum atomic E-state index is -0.489. The molecule has 10 heteroatoms. The quantitative estimate of drug-likeness (QED) is 0.372. The summed E-state index contributed by atoms with van der Waals surface area (Å²) >= 11 is 3.61. The summed E-state index contributed by atoms with van der Waals surface area (Å²) in [7, 11) is 1.61. The number of benzene rings is 2. The third-order valence-corrected chi connectivity index (χ3v) is 7.89. The zero-order chi connectivity index (χ0) is 26.1. The van der Waals surface area contributed by atoms with Gasteiger partial charge in [-0.15, -0.1) is 0 Å². The molecule has 0 amide bonds. The number of aromatic nitrogens is 4. The Morgan fingerprint density at radius 2 is 1.73 bits per heavy atom. The first-order valence-electron chi connectivity index (χ1n) is 12.3. The summed E-state index contributed by atoms with van der Waals surface area (Å²) in [5.41, 5.74) is 8.09. The smallest absolute Gasteiger partial charge is 0.332 e. The number of nitriles is 1. The number of anilines is 1. The van der Waals surface area contributed by atoms with Gasteiger partial charge in [-0.25, -0.2) is 4.79 Å². The Labute approximate surface area is 222 Å². The summed E-state index contributed by atoms with van der Waals surface area (Å²) in [6, 6.07) is 16.9. The highest BCUT2D eigenvalue weighted by Gasteiger charge is 2.26. The van der Waals surface area contributed by atoms with Gasteiger partial charge in [0.1, 0.15) is 0 Å². The second-order valence-electron chi connectivity index (χ2n) is 9.49. The van der Waals surface area contributed by atoms with E-state index in [1.165, 1.54) is 9.13 Å². The molecule has 1 aliphatic carbocycles. The Morgan fingerprint density at radius 1 is 1.05 bits per heavy atom. The van der Waals surface area contributed by atoms with E-state index in [0.717, 1.165) is 35.7 Å². The van der Waals surface area contributed by atoms with Crippen LogP contribution in [0.15, 0.2) is 62.6 Å². The number of imidazole rings is 1. The van der Waals surface area contributed by atoms with Gasteiger partial charge in [-0.1, -0.05) is 65.2 Å². The first-order chi connectivity index (χ1) is 17.9. The first kappa shape index (κ1) is 25.0. The normalized spacial score (nSPS) is 17.6. The van der Waals surface area contributed by atoms with Gasteiger partial charge < -0.3 is 11.1 Å². The molecule has 37 heavy (non-hydrogen) atoms. The maximum absolute atomic E-state index is 13.9. The Balaban J connectivity index is 1.70. The van der Waals surface area contributed by atoms with E-state index in [9.17, 15) is 14.9 Å². The standard InChI is InChI=1S/C27H28BrN7O2/c1-33-24-23(25(36)35(27(33)37)15-18-9-3-2-8-17(18)14-29)34(16-19-10-4-5-11-20(19)28)26(32-24)31-22-13-7-6-12-21(22)30/h2-5,8-11,21-22H,6-7,12-13,15-16,30H2,1H3,(H,31,32)/t21-,22+/m0/s1. The summed E-state index contributed by atoms with van der Waals surface area (Å²) in [4.78, 5) is 32.0. The Morgan fingerprint density at radius 3 is 2.46 bits per heavy atom. The minimum Gasteiger partial charge on any atom is -0.351 e. The van der Waals surface area contributed by atoms with Crippen LogP contribution in [0.2, 0.25) is 0 Å². The van der Waals surface area contributed by atoms with E-state index in [1.807, 2.05) is 28.8 Å². The number of nitrogens with zero attached hydrogens (tertiary/aromatic N) is 5. The van der Waals surface area contributed by atoms with E-state index < -0.39 is 11.2 Å². The fourth-order valence-electron chi connectivity index (χ4n) is 5.01. The highest BCUT2D eigenvalue weighted by Crippen LogP contribution is 2.26. The summed E-state index contributed by atoms with van der Waals surface area (Å²) in [5, 5.41) is 13.0. The molecular formula is C27H28BrN7O2. The van der Waals surface area contributed by atoms with Crippen molar-refractivity contribution in [3.63, 3.8) is 0 Å². The van der Waals surface area contributed by atoms with Crippen LogP contribution in [0.3, 0.4) is 0 Å². The number of halogens is 1. The summed E-state index contributed by atoms with van der Waals surface area (Å²) in [6.07, 6.45) is 3.99. The lowest BCUT2D eigenvalue weighted by atomic mass is 9.91. The average molecular weight is 562 g/mol. The van der Waals surface area contributed by atoms with Crippen LogP contribution >= 0.6 is 15.9 Å². The molecule has 0 radical (unpaired) electrons. The van der Waals surface area contributed by atoms with Crippen molar-refractivity contribution in [3.05, 3.63) is 90.5 Å². The van der Waals surface area contributed by atoms with Crippen molar-refractivity contribution in [1.82, 2.24) is 18.7 Å². The number of fused-ring (bicyclic) bond motifs is 1. The fraction of sp³-hybridized carbons (Fsp3) is 0.333. The Hall–Kier alpha value is -3.68. The lowest BCUT2D eigenvalue weighted by Crippen LogP contribution is -2.43. The van der Waals surface area contributed by atoms with E-state index in [0.29, 0.717) is 34.8 Å². The molecule has 1 aliphatic rings. The molecule has 0 spiro atoms. The molecule has 9 nitrogen and oxygen atoms in total. The first-order valence-corrected chi connectivity index (χ1v) is 13.1. The van der Waals surface area contributed by atoms with Gasteiger partial charge in [0.05, 0.1) is 24.7 Å². The molecule has 2 aromatic carbocycles. The van der Waals surface area contributed by atoms with Gasteiger partial charge in [0.25, 0.3) is 5.56 Å².